The molecule has 0 unspecified atom stereocenters. The SMILES string of the molecule is c1ccc2c(c1)c1ccccc1n2-c1ccc2c3ccccc3n(-c3ccc(-n4c5ccccc5c5ccc(-n6c7ccccc7c7ccccc76)cc54)cc3)c2c1. The van der Waals surface area contributed by atoms with Crippen molar-refractivity contribution in [3.8, 4) is 22.7 Å². The smallest absolute Gasteiger partial charge is 0.0561 e. The number of hydrogen-bond acceptors (Lipinski definition) is 0. The summed E-state index contributed by atoms with van der Waals surface area (Å²) in [7, 11) is 0. The second kappa shape index (κ2) is 11.8. The van der Waals surface area contributed by atoms with Crippen LogP contribution in [0.25, 0.3) is 110 Å². The van der Waals surface area contributed by atoms with Gasteiger partial charge in [-0.1, -0.05) is 121 Å². The predicted molar refractivity (Wildman–Crippen MR) is 244 cm³/mol. The molecule has 13 rings (SSSR count). The van der Waals surface area contributed by atoms with Crippen molar-refractivity contribution in [1.29, 1.82) is 0 Å². The summed E-state index contributed by atoms with van der Waals surface area (Å²) in [6, 6.07) is 75.5. The topological polar surface area (TPSA) is 19.7 Å². The highest BCUT2D eigenvalue weighted by Gasteiger charge is 2.19. The molecule has 0 aliphatic rings. The van der Waals surface area contributed by atoms with Crippen LogP contribution in [0.3, 0.4) is 0 Å². The summed E-state index contributed by atoms with van der Waals surface area (Å²) in [6.07, 6.45) is 0. The molecule has 0 fully saturated rings. The summed E-state index contributed by atoms with van der Waals surface area (Å²) < 4.78 is 9.67. The second-order valence-corrected chi connectivity index (χ2v) is 15.4. The van der Waals surface area contributed by atoms with E-state index in [-0.39, 0.29) is 0 Å². The number of aromatic nitrogens is 4. The number of nitrogens with zero attached hydrogens (tertiary/aromatic N) is 4. The quantitative estimate of drug-likeness (QED) is 0.171. The largest absolute Gasteiger partial charge is 0.309 e. The van der Waals surface area contributed by atoms with E-state index in [0.717, 1.165) is 22.7 Å². The fourth-order valence-corrected chi connectivity index (χ4v) is 9.90. The lowest BCUT2D eigenvalue weighted by molar-refractivity contribution is 1.13. The number of rotatable bonds is 4. The summed E-state index contributed by atoms with van der Waals surface area (Å²) in [4.78, 5) is 0. The Morgan fingerprint density at radius 2 is 0.379 bits per heavy atom. The molecule has 13 aromatic rings. The molecule has 58 heavy (non-hydrogen) atoms. The third-order valence-electron chi connectivity index (χ3n) is 12.4. The van der Waals surface area contributed by atoms with Crippen LogP contribution in [0.1, 0.15) is 0 Å². The normalized spacial score (nSPS) is 12.1. The Morgan fingerprint density at radius 3 is 0.655 bits per heavy atom. The van der Waals surface area contributed by atoms with E-state index in [2.05, 4.69) is 225 Å². The van der Waals surface area contributed by atoms with Crippen LogP contribution in [0.4, 0.5) is 0 Å². The maximum atomic E-state index is 2.43. The summed E-state index contributed by atoms with van der Waals surface area (Å²) in [6.45, 7) is 0. The Hall–Kier alpha value is -7.82. The molecule has 4 nitrogen and oxygen atoms in total. The number of benzene rings is 9. The Bertz CT molecular complexity index is 3440. The molecule has 0 bridgehead atoms. The lowest BCUT2D eigenvalue weighted by Gasteiger charge is -2.13. The van der Waals surface area contributed by atoms with Crippen LogP contribution in [0.15, 0.2) is 206 Å². The van der Waals surface area contributed by atoms with Gasteiger partial charge in [-0.3, -0.25) is 0 Å². The highest BCUT2D eigenvalue weighted by molar-refractivity contribution is 6.14. The van der Waals surface area contributed by atoms with Gasteiger partial charge in [-0.25, -0.2) is 0 Å². The second-order valence-electron chi connectivity index (χ2n) is 15.4. The van der Waals surface area contributed by atoms with Crippen molar-refractivity contribution in [2.75, 3.05) is 0 Å². The van der Waals surface area contributed by atoms with Crippen molar-refractivity contribution in [3.05, 3.63) is 206 Å². The molecule has 0 radical (unpaired) electrons. The lowest BCUT2D eigenvalue weighted by Crippen LogP contribution is -1.99. The maximum Gasteiger partial charge on any atom is 0.0561 e. The molecule has 0 spiro atoms. The molecule has 270 valence electrons. The van der Waals surface area contributed by atoms with E-state index in [1.807, 2.05) is 0 Å². The van der Waals surface area contributed by atoms with E-state index >= 15 is 0 Å². The van der Waals surface area contributed by atoms with E-state index in [1.165, 1.54) is 87.2 Å². The van der Waals surface area contributed by atoms with Crippen LogP contribution in [-0.4, -0.2) is 18.3 Å². The summed E-state index contributed by atoms with van der Waals surface area (Å²) >= 11 is 0. The van der Waals surface area contributed by atoms with Crippen LogP contribution in [0, 0.1) is 0 Å². The zero-order valence-electron chi connectivity index (χ0n) is 31.4. The minimum absolute atomic E-state index is 1.13. The molecule has 4 heteroatoms. The van der Waals surface area contributed by atoms with E-state index in [4.69, 9.17) is 0 Å². The molecule has 0 saturated carbocycles. The van der Waals surface area contributed by atoms with Crippen LogP contribution < -0.4 is 0 Å². The lowest BCUT2D eigenvalue weighted by atomic mass is 10.1. The number of para-hydroxylation sites is 6. The van der Waals surface area contributed by atoms with Crippen molar-refractivity contribution in [2.45, 2.75) is 0 Å². The average Bonchev–Trinajstić information content (AvgIpc) is 4.01. The van der Waals surface area contributed by atoms with Gasteiger partial charge < -0.3 is 18.3 Å². The van der Waals surface area contributed by atoms with E-state index in [1.54, 1.807) is 0 Å². The molecule has 0 aliphatic carbocycles. The predicted octanol–water partition coefficient (Wildman–Crippen LogP) is 14.1. The standard InChI is InChI=1S/C54H34N4/c1-9-21-49-39(13-1)40-14-2-10-22-50(40)57(49)37-29-31-45-43-17-5-7-19-47(43)55(53(45)33-37)35-25-27-36(28-26-35)56-48-20-8-6-18-44(48)46-32-30-38(34-54(46)56)58-51-23-11-3-15-41(51)42-16-4-12-24-52(42)58/h1-34H. The summed E-state index contributed by atoms with van der Waals surface area (Å²) in [5.74, 6) is 0. The Balaban J connectivity index is 1.00. The van der Waals surface area contributed by atoms with Crippen LogP contribution in [0.2, 0.25) is 0 Å². The molecular weight excluding hydrogens is 705 g/mol. The fourth-order valence-electron chi connectivity index (χ4n) is 9.90. The van der Waals surface area contributed by atoms with Gasteiger partial charge in [-0.15, -0.1) is 0 Å². The number of hydrogen-bond donors (Lipinski definition) is 0. The van der Waals surface area contributed by atoms with Gasteiger partial charge in [-0.05, 0) is 84.9 Å². The molecule has 0 saturated heterocycles. The third-order valence-corrected chi connectivity index (χ3v) is 12.4. The summed E-state index contributed by atoms with van der Waals surface area (Å²) in [5, 5.41) is 10.0. The van der Waals surface area contributed by atoms with Gasteiger partial charge in [-0.2, -0.15) is 0 Å². The van der Waals surface area contributed by atoms with Crippen LogP contribution in [0.5, 0.6) is 0 Å². The zero-order valence-corrected chi connectivity index (χ0v) is 31.4. The highest BCUT2D eigenvalue weighted by atomic mass is 15.0. The Labute approximate surface area is 333 Å². The first-order valence-electron chi connectivity index (χ1n) is 19.9. The molecule has 0 atom stereocenters. The molecule has 0 N–H and O–H groups in total. The van der Waals surface area contributed by atoms with E-state index in [9.17, 15) is 0 Å². The van der Waals surface area contributed by atoms with Gasteiger partial charge >= 0.3 is 0 Å². The van der Waals surface area contributed by atoms with Gasteiger partial charge in [0.25, 0.3) is 0 Å². The summed E-state index contributed by atoms with van der Waals surface area (Å²) in [5.41, 5.74) is 14.1. The molecule has 4 aromatic heterocycles. The average molecular weight is 739 g/mol. The molecule has 0 aliphatic heterocycles. The van der Waals surface area contributed by atoms with Gasteiger partial charge in [0.15, 0.2) is 0 Å². The first-order valence-corrected chi connectivity index (χ1v) is 19.9. The first-order chi connectivity index (χ1) is 28.8. The molecular formula is C54H34N4. The monoisotopic (exact) mass is 738 g/mol. The molecule has 0 amide bonds. The van der Waals surface area contributed by atoms with Crippen LogP contribution >= 0.6 is 0 Å². The van der Waals surface area contributed by atoms with Crippen molar-refractivity contribution < 1.29 is 0 Å². The fraction of sp³-hybridized carbons (Fsp3) is 0. The minimum Gasteiger partial charge on any atom is -0.309 e. The van der Waals surface area contributed by atoms with E-state index < -0.39 is 0 Å². The van der Waals surface area contributed by atoms with Gasteiger partial charge in [0.2, 0.25) is 0 Å². The van der Waals surface area contributed by atoms with Gasteiger partial charge in [0, 0.05) is 65.8 Å². The third kappa shape index (κ3) is 4.29. The van der Waals surface area contributed by atoms with Crippen LogP contribution in [-0.2, 0) is 0 Å². The van der Waals surface area contributed by atoms with Gasteiger partial charge in [0.05, 0.1) is 44.1 Å². The minimum atomic E-state index is 1.13. The van der Waals surface area contributed by atoms with Crippen molar-refractivity contribution in [3.63, 3.8) is 0 Å². The van der Waals surface area contributed by atoms with Gasteiger partial charge in [0.1, 0.15) is 0 Å². The first kappa shape index (κ1) is 31.4. The van der Waals surface area contributed by atoms with Crippen molar-refractivity contribution >= 4 is 87.2 Å². The molecule has 4 heterocycles. The Kier molecular flexibility index (Phi) is 6.41. The van der Waals surface area contributed by atoms with E-state index in [0.29, 0.717) is 0 Å². The molecule has 9 aromatic carbocycles. The highest BCUT2D eigenvalue weighted by Crippen LogP contribution is 2.39. The number of fused-ring (bicyclic) bond motifs is 12. The maximum absolute atomic E-state index is 2.43. The van der Waals surface area contributed by atoms with Crippen molar-refractivity contribution in [2.24, 2.45) is 0 Å². The zero-order chi connectivity index (χ0) is 37.9. The van der Waals surface area contributed by atoms with Crippen molar-refractivity contribution in [1.82, 2.24) is 18.3 Å². The Morgan fingerprint density at radius 1 is 0.172 bits per heavy atom.